The smallest absolute Gasteiger partial charge is 0.134 e. The lowest BCUT2D eigenvalue weighted by Gasteiger charge is -2.08. The van der Waals surface area contributed by atoms with Crippen LogP contribution in [0.15, 0.2) is 18.2 Å². The number of hydrogen-bond donors (Lipinski definition) is 1. The minimum absolute atomic E-state index is 0.154. The molecule has 0 saturated carbocycles. The van der Waals surface area contributed by atoms with Gasteiger partial charge in [0.25, 0.3) is 0 Å². The Labute approximate surface area is 121 Å². The summed E-state index contributed by atoms with van der Waals surface area (Å²) in [7, 11) is 1.61. The van der Waals surface area contributed by atoms with E-state index in [-0.39, 0.29) is 6.61 Å². The third-order valence-electron chi connectivity index (χ3n) is 2.90. The SMILES string of the molecule is COc1ccc(COCCCC(C)C)cc1C#CCO. The van der Waals surface area contributed by atoms with Gasteiger partial charge < -0.3 is 14.6 Å². The van der Waals surface area contributed by atoms with Gasteiger partial charge in [-0.15, -0.1) is 0 Å². The number of aliphatic hydroxyl groups is 1. The minimum Gasteiger partial charge on any atom is -0.495 e. The summed E-state index contributed by atoms with van der Waals surface area (Å²) in [6.07, 6.45) is 2.28. The van der Waals surface area contributed by atoms with Gasteiger partial charge in [0.1, 0.15) is 12.4 Å². The second-order valence-corrected chi connectivity index (χ2v) is 5.08. The Morgan fingerprint density at radius 3 is 2.75 bits per heavy atom. The fraction of sp³-hybridized carbons (Fsp3) is 0.529. The number of methoxy groups -OCH3 is 1. The van der Waals surface area contributed by atoms with Crippen LogP contribution in [0.3, 0.4) is 0 Å². The highest BCUT2D eigenvalue weighted by Crippen LogP contribution is 2.19. The largest absolute Gasteiger partial charge is 0.495 e. The van der Waals surface area contributed by atoms with Crippen LogP contribution in [0.4, 0.5) is 0 Å². The van der Waals surface area contributed by atoms with E-state index in [0.717, 1.165) is 35.8 Å². The van der Waals surface area contributed by atoms with Crippen LogP contribution >= 0.6 is 0 Å². The highest BCUT2D eigenvalue weighted by Gasteiger charge is 2.02. The topological polar surface area (TPSA) is 38.7 Å². The van der Waals surface area contributed by atoms with Crippen LogP contribution in [0.2, 0.25) is 0 Å². The number of ether oxygens (including phenoxy) is 2. The van der Waals surface area contributed by atoms with Gasteiger partial charge in [0.2, 0.25) is 0 Å². The van der Waals surface area contributed by atoms with Crippen LogP contribution in [0.5, 0.6) is 5.75 Å². The molecule has 110 valence electrons. The molecule has 3 nitrogen and oxygen atoms in total. The maximum Gasteiger partial charge on any atom is 0.134 e. The molecule has 0 aliphatic heterocycles. The molecule has 0 fully saturated rings. The Hall–Kier alpha value is -1.50. The zero-order valence-corrected chi connectivity index (χ0v) is 12.6. The van der Waals surface area contributed by atoms with Crippen LogP contribution in [-0.4, -0.2) is 25.4 Å². The second-order valence-electron chi connectivity index (χ2n) is 5.08. The van der Waals surface area contributed by atoms with Crippen molar-refractivity contribution in [2.75, 3.05) is 20.3 Å². The predicted octanol–water partition coefficient (Wildman–Crippen LogP) is 2.99. The first kappa shape index (κ1) is 16.6. The third kappa shape index (κ3) is 6.10. The molecule has 0 saturated heterocycles. The summed E-state index contributed by atoms with van der Waals surface area (Å²) in [5.41, 5.74) is 1.85. The van der Waals surface area contributed by atoms with Crippen molar-refractivity contribution in [2.24, 2.45) is 5.92 Å². The molecular weight excluding hydrogens is 252 g/mol. The van der Waals surface area contributed by atoms with E-state index in [1.165, 1.54) is 6.42 Å². The molecule has 20 heavy (non-hydrogen) atoms. The average molecular weight is 276 g/mol. The first-order valence-electron chi connectivity index (χ1n) is 7.01. The van der Waals surface area contributed by atoms with E-state index in [1.807, 2.05) is 18.2 Å². The van der Waals surface area contributed by atoms with Gasteiger partial charge in [-0.3, -0.25) is 0 Å². The number of hydrogen-bond acceptors (Lipinski definition) is 3. The Kier molecular flexibility index (Phi) is 7.79. The number of benzene rings is 1. The minimum atomic E-state index is -0.154. The lowest BCUT2D eigenvalue weighted by Crippen LogP contribution is -1.99. The third-order valence-corrected chi connectivity index (χ3v) is 2.90. The van der Waals surface area contributed by atoms with Gasteiger partial charge in [-0.05, 0) is 36.5 Å². The van der Waals surface area contributed by atoms with Gasteiger partial charge in [-0.1, -0.05) is 31.8 Å². The van der Waals surface area contributed by atoms with Gasteiger partial charge in [0.15, 0.2) is 0 Å². The zero-order chi connectivity index (χ0) is 14.8. The normalized spacial score (nSPS) is 10.2. The van der Waals surface area contributed by atoms with Gasteiger partial charge >= 0.3 is 0 Å². The first-order chi connectivity index (χ1) is 9.67. The monoisotopic (exact) mass is 276 g/mol. The Balaban J connectivity index is 2.54. The van der Waals surface area contributed by atoms with E-state index in [9.17, 15) is 0 Å². The highest BCUT2D eigenvalue weighted by molar-refractivity contribution is 5.48. The van der Waals surface area contributed by atoms with E-state index in [1.54, 1.807) is 7.11 Å². The van der Waals surface area contributed by atoms with E-state index in [4.69, 9.17) is 14.6 Å². The molecular formula is C17H24O3. The molecule has 0 spiro atoms. The van der Waals surface area contributed by atoms with E-state index < -0.39 is 0 Å². The zero-order valence-electron chi connectivity index (χ0n) is 12.6. The molecule has 1 N–H and O–H groups in total. The molecule has 1 aromatic rings. The van der Waals surface area contributed by atoms with Crippen LogP contribution in [0.1, 0.15) is 37.8 Å². The second kappa shape index (κ2) is 9.41. The van der Waals surface area contributed by atoms with Crippen molar-refractivity contribution in [3.05, 3.63) is 29.3 Å². The van der Waals surface area contributed by atoms with Crippen LogP contribution < -0.4 is 4.74 Å². The maximum atomic E-state index is 8.77. The molecule has 0 amide bonds. The standard InChI is InChI=1S/C17H24O3/c1-14(2)6-5-11-20-13-15-8-9-17(19-3)16(12-15)7-4-10-18/h8-9,12,14,18H,5-6,10-11,13H2,1-3H3. The average Bonchev–Trinajstić information content (AvgIpc) is 2.44. The van der Waals surface area contributed by atoms with Gasteiger partial charge in [-0.2, -0.15) is 0 Å². The molecule has 0 heterocycles. The fourth-order valence-corrected chi connectivity index (χ4v) is 1.86. The summed E-state index contributed by atoms with van der Waals surface area (Å²) >= 11 is 0. The van der Waals surface area contributed by atoms with Crippen LogP contribution in [0, 0.1) is 17.8 Å². The summed E-state index contributed by atoms with van der Waals surface area (Å²) in [6, 6.07) is 5.81. The molecule has 3 heteroatoms. The Morgan fingerprint density at radius 1 is 1.30 bits per heavy atom. The number of aliphatic hydroxyl groups excluding tert-OH is 1. The van der Waals surface area contributed by atoms with Crippen LogP contribution in [-0.2, 0) is 11.3 Å². The predicted molar refractivity (Wildman–Crippen MR) is 80.7 cm³/mol. The summed E-state index contributed by atoms with van der Waals surface area (Å²) < 4.78 is 10.9. The quantitative estimate of drug-likeness (QED) is 0.614. The van der Waals surface area contributed by atoms with Crippen molar-refractivity contribution in [2.45, 2.75) is 33.3 Å². The Morgan fingerprint density at radius 2 is 2.10 bits per heavy atom. The lowest BCUT2D eigenvalue weighted by atomic mass is 10.1. The molecule has 0 unspecified atom stereocenters. The Bertz CT molecular complexity index is 455. The van der Waals surface area contributed by atoms with Crippen molar-refractivity contribution in [3.8, 4) is 17.6 Å². The number of rotatable bonds is 7. The fourth-order valence-electron chi connectivity index (χ4n) is 1.86. The van der Waals surface area contributed by atoms with Gasteiger partial charge in [-0.25, -0.2) is 0 Å². The summed E-state index contributed by atoms with van der Waals surface area (Å²) in [4.78, 5) is 0. The molecule has 1 aromatic carbocycles. The molecule has 0 aliphatic rings. The van der Waals surface area contributed by atoms with Crippen molar-refractivity contribution in [3.63, 3.8) is 0 Å². The van der Waals surface area contributed by atoms with Crippen LogP contribution in [0.25, 0.3) is 0 Å². The van der Waals surface area contributed by atoms with E-state index in [0.29, 0.717) is 6.61 Å². The molecule has 0 radical (unpaired) electrons. The highest BCUT2D eigenvalue weighted by atomic mass is 16.5. The molecule has 0 bridgehead atoms. The van der Waals surface area contributed by atoms with Crippen molar-refractivity contribution < 1.29 is 14.6 Å². The van der Waals surface area contributed by atoms with E-state index >= 15 is 0 Å². The van der Waals surface area contributed by atoms with Gasteiger partial charge in [0.05, 0.1) is 19.3 Å². The summed E-state index contributed by atoms with van der Waals surface area (Å²) in [6.45, 7) is 5.64. The molecule has 1 rings (SSSR count). The summed E-state index contributed by atoms with van der Waals surface area (Å²) in [5.74, 6) is 6.97. The van der Waals surface area contributed by atoms with Gasteiger partial charge in [0, 0.05) is 6.61 Å². The molecule has 0 atom stereocenters. The summed E-state index contributed by atoms with van der Waals surface area (Å²) in [5, 5.41) is 8.77. The lowest BCUT2D eigenvalue weighted by molar-refractivity contribution is 0.115. The van der Waals surface area contributed by atoms with E-state index in [2.05, 4.69) is 25.7 Å². The van der Waals surface area contributed by atoms with Crippen molar-refractivity contribution >= 4 is 0 Å². The van der Waals surface area contributed by atoms with Crippen molar-refractivity contribution in [1.82, 2.24) is 0 Å². The van der Waals surface area contributed by atoms with Crippen molar-refractivity contribution in [1.29, 1.82) is 0 Å². The first-order valence-corrected chi connectivity index (χ1v) is 7.01. The molecule has 0 aromatic heterocycles. The maximum absolute atomic E-state index is 8.77. The molecule has 0 aliphatic carbocycles.